The van der Waals surface area contributed by atoms with Gasteiger partial charge in [-0.25, -0.2) is 13.4 Å². The standard InChI is InChI=1S/C19H26N4O2S/c1-3-4-11-23(2)19-21-17(15-8-6-5-7-9-15)13-18(22-19)20-16-10-12-26(24,25)14-16/h5-9,13,16H,3-4,10-12,14H2,1-2H3,(H,20,21,22). The fraction of sp³-hybridized carbons (Fsp3) is 0.474. The van der Waals surface area contributed by atoms with E-state index in [-0.39, 0.29) is 17.5 Å². The number of sulfone groups is 1. The quantitative estimate of drug-likeness (QED) is 0.803. The van der Waals surface area contributed by atoms with Crippen LogP contribution in [0.25, 0.3) is 11.3 Å². The predicted octanol–water partition coefficient (Wildman–Crippen LogP) is 2.98. The molecule has 1 unspecified atom stereocenters. The van der Waals surface area contributed by atoms with E-state index in [9.17, 15) is 8.42 Å². The molecule has 1 N–H and O–H groups in total. The summed E-state index contributed by atoms with van der Waals surface area (Å²) in [5, 5.41) is 3.30. The third-order valence-electron chi connectivity index (χ3n) is 4.56. The van der Waals surface area contributed by atoms with E-state index in [1.165, 1.54) is 0 Å². The molecule has 0 aliphatic carbocycles. The Hall–Kier alpha value is -2.15. The number of nitrogens with zero attached hydrogens (tertiary/aromatic N) is 3. The van der Waals surface area contributed by atoms with Gasteiger partial charge in [0.25, 0.3) is 0 Å². The number of nitrogens with one attached hydrogen (secondary N) is 1. The molecule has 2 heterocycles. The Bertz CT molecular complexity index is 840. The van der Waals surface area contributed by atoms with Crippen LogP contribution < -0.4 is 10.2 Å². The maximum absolute atomic E-state index is 11.7. The van der Waals surface area contributed by atoms with Gasteiger partial charge in [0.15, 0.2) is 9.84 Å². The van der Waals surface area contributed by atoms with Crippen LogP contribution in [-0.4, -0.2) is 49.5 Å². The Labute approximate surface area is 155 Å². The van der Waals surface area contributed by atoms with E-state index >= 15 is 0 Å². The number of rotatable bonds is 7. The Kier molecular flexibility index (Phi) is 5.76. The zero-order chi connectivity index (χ0) is 18.6. The lowest BCUT2D eigenvalue weighted by Gasteiger charge is -2.20. The van der Waals surface area contributed by atoms with E-state index < -0.39 is 9.84 Å². The minimum absolute atomic E-state index is 0.0904. The van der Waals surface area contributed by atoms with Crippen molar-refractivity contribution < 1.29 is 8.42 Å². The van der Waals surface area contributed by atoms with Crippen molar-refractivity contribution in [3.8, 4) is 11.3 Å². The van der Waals surface area contributed by atoms with Crippen molar-refractivity contribution in [1.29, 1.82) is 0 Å². The largest absolute Gasteiger partial charge is 0.366 e. The molecule has 0 saturated carbocycles. The summed E-state index contributed by atoms with van der Waals surface area (Å²) in [4.78, 5) is 11.4. The van der Waals surface area contributed by atoms with Crippen LogP contribution in [0.3, 0.4) is 0 Å². The second-order valence-corrected chi connectivity index (χ2v) is 9.05. The Morgan fingerprint density at radius 1 is 1.23 bits per heavy atom. The molecule has 1 aromatic carbocycles. The normalized spacial score (nSPS) is 18.6. The van der Waals surface area contributed by atoms with E-state index in [1.54, 1.807) is 0 Å². The molecule has 7 heteroatoms. The summed E-state index contributed by atoms with van der Waals surface area (Å²) >= 11 is 0. The van der Waals surface area contributed by atoms with Gasteiger partial charge in [-0.3, -0.25) is 0 Å². The first kappa shape index (κ1) is 18.6. The average Bonchev–Trinajstić information content (AvgIpc) is 2.98. The van der Waals surface area contributed by atoms with Crippen molar-refractivity contribution in [2.75, 3.05) is 35.3 Å². The monoisotopic (exact) mass is 374 g/mol. The number of benzene rings is 1. The third-order valence-corrected chi connectivity index (χ3v) is 6.32. The first-order valence-electron chi connectivity index (χ1n) is 9.09. The van der Waals surface area contributed by atoms with E-state index in [0.29, 0.717) is 18.2 Å². The molecule has 1 atom stereocenters. The van der Waals surface area contributed by atoms with E-state index in [2.05, 4.69) is 17.2 Å². The van der Waals surface area contributed by atoms with Gasteiger partial charge in [0.2, 0.25) is 5.95 Å². The lowest BCUT2D eigenvalue weighted by Crippen LogP contribution is -2.24. The van der Waals surface area contributed by atoms with Crippen LogP contribution in [0.15, 0.2) is 36.4 Å². The minimum Gasteiger partial charge on any atom is -0.366 e. The lowest BCUT2D eigenvalue weighted by atomic mass is 10.1. The van der Waals surface area contributed by atoms with Gasteiger partial charge in [0.05, 0.1) is 17.2 Å². The van der Waals surface area contributed by atoms with Crippen LogP contribution in [0.2, 0.25) is 0 Å². The highest BCUT2D eigenvalue weighted by Crippen LogP contribution is 2.24. The van der Waals surface area contributed by atoms with Gasteiger partial charge in [-0.2, -0.15) is 4.98 Å². The van der Waals surface area contributed by atoms with Crippen LogP contribution in [0.1, 0.15) is 26.2 Å². The molecule has 1 fully saturated rings. The summed E-state index contributed by atoms with van der Waals surface area (Å²) in [7, 11) is -0.943. The van der Waals surface area contributed by atoms with Crippen molar-refractivity contribution in [2.45, 2.75) is 32.2 Å². The number of hydrogen-bond acceptors (Lipinski definition) is 6. The van der Waals surface area contributed by atoms with Crippen molar-refractivity contribution in [2.24, 2.45) is 0 Å². The van der Waals surface area contributed by atoms with Gasteiger partial charge < -0.3 is 10.2 Å². The van der Waals surface area contributed by atoms with Gasteiger partial charge in [-0.15, -0.1) is 0 Å². The Balaban J connectivity index is 1.89. The third kappa shape index (κ3) is 4.72. The molecule has 6 nitrogen and oxygen atoms in total. The van der Waals surface area contributed by atoms with Crippen molar-refractivity contribution in [3.05, 3.63) is 36.4 Å². The molecule has 0 amide bonds. The fourth-order valence-corrected chi connectivity index (χ4v) is 4.72. The Morgan fingerprint density at radius 2 is 2.00 bits per heavy atom. The molecule has 0 radical (unpaired) electrons. The van der Waals surface area contributed by atoms with Gasteiger partial charge >= 0.3 is 0 Å². The molecule has 26 heavy (non-hydrogen) atoms. The molecule has 1 aromatic heterocycles. The summed E-state index contributed by atoms with van der Waals surface area (Å²) in [6.07, 6.45) is 2.79. The first-order valence-corrected chi connectivity index (χ1v) is 10.9. The van der Waals surface area contributed by atoms with E-state index in [0.717, 1.165) is 30.6 Å². The summed E-state index contributed by atoms with van der Waals surface area (Å²) in [6.45, 7) is 3.04. The number of hydrogen-bond donors (Lipinski definition) is 1. The molecular weight excluding hydrogens is 348 g/mol. The van der Waals surface area contributed by atoms with Crippen LogP contribution in [0, 0.1) is 0 Å². The molecule has 1 saturated heterocycles. The molecule has 1 aliphatic heterocycles. The summed E-state index contributed by atoms with van der Waals surface area (Å²) in [5.41, 5.74) is 1.85. The van der Waals surface area contributed by atoms with E-state index in [4.69, 9.17) is 4.98 Å². The molecule has 2 aromatic rings. The number of aromatic nitrogens is 2. The van der Waals surface area contributed by atoms with Gasteiger partial charge in [-0.05, 0) is 12.8 Å². The zero-order valence-corrected chi connectivity index (χ0v) is 16.2. The average molecular weight is 375 g/mol. The second kappa shape index (κ2) is 8.03. The van der Waals surface area contributed by atoms with Crippen molar-refractivity contribution >= 4 is 21.6 Å². The topological polar surface area (TPSA) is 75.2 Å². The number of unbranched alkanes of at least 4 members (excludes halogenated alkanes) is 1. The lowest BCUT2D eigenvalue weighted by molar-refractivity contribution is 0.602. The smallest absolute Gasteiger partial charge is 0.227 e. The van der Waals surface area contributed by atoms with Crippen LogP contribution in [0.4, 0.5) is 11.8 Å². The number of anilines is 2. The van der Waals surface area contributed by atoms with E-state index in [1.807, 2.05) is 48.3 Å². The minimum atomic E-state index is -2.93. The SMILES string of the molecule is CCCCN(C)c1nc(NC2CCS(=O)(=O)C2)cc(-c2ccccc2)n1. The van der Waals surface area contributed by atoms with Gasteiger partial charge in [0.1, 0.15) is 5.82 Å². The van der Waals surface area contributed by atoms with Crippen molar-refractivity contribution in [3.63, 3.8) is 0 Å². The first-order chi connectivity index (χ1) is 12.5. The second-order valence-electron chi connectivity index (χ2n) is 6.82. The van der Waals surface area contributed by atoms with Crippen molar-refractivity contribution in [1.82, 2.24) is 9.97 Å². The van der Waals surface area contributed by atoms with Crippen LogP contribution in [0.5, 0.6) is 0 Å². The van der Waals surface area contributed by atoms with Crippen LogP contribution >= 0.6 is 0 Å². The maximum atomic E-state index is 11.7. The molecule has 0 bridgehead atoms. The maximum Gasteiger partial charge on any atom is 0.227 e. The summed E-state index contributed by atoms with van der Waals surface area (Å²) in [6, 6.07) is 11.8. The zero-order valence-electron chi connectivity index (χ0n) is 15.4. The fourth-order valence-electron chi connectivity index (χ4n) is 3.05. The van der Waals surface area contributed by atoms with Gasteiger partial charge in [-0.1, -0.05) is 43.7 Å². The molecule has 0 spiro atoms. The summed E-state index contributed by atoms with van der Waals surface area (Å²) in [5.74, 6) is 1.74. The highest BCUT2D eigenvalue weighted by molar-refractivity contribution is 7.91. The molecule has 3 rings (SSSR count). The summed E-state index contributed by atoms with van der Waals surface area (Å²) < 4.78 is 23.5. The highest BCUT2D eigenvalue weighted by atomic mass is 32.2. The Morgan fingerprint density at radius 3 is 2.65 bits per heavy atom. The van der Waals surface area contributed by atoms with Crippen LogP contribution in [-0.2, 0) is 9.84 Å². The predicted molar refractivity (Wildman–Crippen MR) is 106 cm³/mol. The molecule has 1 aliphatic rings. The molecule has 140 valence electrons. The van der Waals surface area contributed by atoms with Gasteiger partial charge in [0, 0.05) is 31.3 Å². The molecular formula is C19H26N4O2S. The highest BCUT2D eigenvalue weighted by Gasteiger charge is 2.28.